The van der Waals surface area contributed by atoms with Crippen molar-refractivity contribution in [2.45, 2.75) is 89.1 Å². The molecule has 1 spiro atoms. The van der Waals surface area contributed by atoms with Gasteiger partial charge in [0.15, 0.2) is 5.69 Å². The number of hydrogen-bond donors (Lipinski definition) is 4. The number of benzene rings is 2. The van der Waals surface area contributed by atoms with Gasteiger partial charge in [-0.25, -0.2) is 13.2 Å². The minimum atomic E-state index is -2.75. The van der Waals surface area contributed by atoms with Crippen LogP contribution in [0.25, 0.3) is 32.9 Å². The van der Waals surface area contributed by atoms with E-state index < -0.39 is 46.8 Å². The molecule has 5 aliphatic rings. The van der Waals surface area contributed by atoms with Gasteiger partial charge in [0.05, 0.1) is 167 Å². The van der Waals surface area contributed by atoms with E-state index in [1.165, 1.54) is 25.1 Å². The molecule has 560 valence electrons. The van der Waals surface area contributed by atoms with Crippen LogP contribution in [-0.4, -0.2) is 267 Å². The molecular weight excluding hydrogens is 1350 g/mol. The predicted octanol–water partition coefficient (Wildman–Crippen LogP) is 4.01. The fourth-order valence-electron chi connectivity index (χ4n) is 14.2. The molecule has 6 aromatic rings. The minimum absolute atomic E-state index is 0.0174. The molecule has 103 heavy (non-hydrogen) atoms. The van der Waals surface area contributed by atoms with Gasteiger partial charge >= 0.3 is 5.97 Å². The molecule has 4 N–H and O–H groups in total. The summed E-state index contributed by atoms with van der Waals surface area (Å²) in [4.78, 5) is 94.3. The maximum atomic E-state index is 16.0. The number of carbonyl (C=O) groups is 7. The number of hydrogen-bond acceptors (Lipinski definition) is 20. The quantitative estimate of drug-likeness (QED) is 0.0311. The number of ether oxygens (including phenoxy) is 9. The number of fused-ring (bicyclic) bond motifs is 4. The number of nitrogens with one attached hydrogen (secondary N) is 4. The Morgan fingerprint density at radius 2 is 1.34 bits per heavy atom. The number of alkyl halides is 2. The number of aryl methyl sites for hydroxylation is 1. The number of H-pyrrole nitrogens is 1. The SMILES string of the molecule is COC(=O)CNC(=O)CN(C)C(=O)Cn1nc(C2CC3(C2)CN(C(=O)CCC(=O)NCCOCCOCCOCCOCCOCCOCCOCCOCCC(=O)N2CCC(n4cc(NC(=O)c5n[nH]c6c5C[C@H]5C(F)(F)[C@@]5(C)C6)cn4)CC2)C3)c2c(-c3cc4c(cnn4C)cc3F)cccc21. The number of rotatable bonds is 41. The summed E-state index contributed by atoms with van der Waals surface area (Å²) in [7, 11) is 4.48. The molecule has 30 nitrogen and oxygen atoms in total. The van der Waals surface area contributed by atoms with E-state index in [1.54, 1.807) is 63.6 Å². The molecule has 6 amide bonds. The third kappa shape index (κ3) is 18.7. The highest BCUT2D eigenvalue weighted by molar-refractivity contribution is 6.04. The first-order chi connectivity index (χ1) is 49.7. The molecule has 0 bridgehead atoms. The fourth-order valence-corrected chi connectivity index (χ4v) is 14.2. The van der Waals surface area contributed by atoms with Gasteiger partial charge in [-0.1, -0.05) is 19.1 Å². The lowest BCUT2D eigenvalue weighted by atomic mass is 9.56. The molecule has 0 radical (unpaired) electrons. The average Bonchev–Trinajstić information content (AvgIpc) is 1.50. The van der Waals surface area contributed by atoms with Gasteiger partial charge in [0.2, 0.25) is 29.5 Å². The summed E-state index contributed by atoms with van der Waals surface area (Å²) < 4.78 is 99.0. The molecule has 2 aliphatic heterocycles. The number of piperidine rings is 1. The third-order valence-corrected chi connectivity index (χ3v) is 20.1. The van der Waals surface area contributed by atoms with Crippen molar-refractivity contribution < 1.29 is 89.4 Å². The second-order valence-corrected chi connectivity index (χ2v) is 27.1. The summed E-state index contributed by atoms with van der Waals surface area (Å²) in [6.45, 7) is 9.25. The Balaban J connectivity index is 0.451. The van der Waals surface area contributed by atoms with Crippen LogP contribution in [0.1, 0.15) is 91.3 Å². The topological polar surface area (TPSA) is 331 Å². The fraction of sp³-hybridized carbons (Fsp3) is 0.614. The highest BCUT2D eigenvalue weighted by Crippen LogP contribution is 2.70. The van der Waals surface area contributed by atoms with Gasteiger partial charge in [-0.2, -0.15) is 20.4 Å². The number of halogens is 3. The Morgan fingerprint density at radius 1 is 0.718 bits per heavy atom. The number of anilines is 1. The highest BCUT2D eigenvalue weighted by Gasteiger charge is 2.78. The molecule has 2 atom stereocenters. The third-order valence-electron chi connectivity index (χ3n) is 20.1. The molecule has 0 unspecified atom stereocenters. The van der Waals surface area contributed by atoms with E-state index in [4.69, 9.17) is 43.0 Å². The number of esters is 1. The Kier molecular flexibility index (Phi) is 25.6. The normalized spacial score (nSPS) is 18.1. The molecule has 6 heterocycles. The van der Waals surface area contributed by atoms with Crippen LogP contribution in [0.5, 0.6) is 0 Å². The summed E-state index contributed by atoms with van der Waals surface area (Å²) in [6, 6.07) is 8.74. The van der Waals surface area contributed by atoms with Crippen molar-refractivity contribution in [2.24, 2.45) is 23.8 Å². The summed E-state index contributed by atoms with van der Waals surface area (Å²) in [5, 5.41) is 30.1. The van der Waals surface area contributed by atoms with Crippen molar-refractivity contribution in [3.63, 3.8) is 0 Å². The van der Waals surface area contributed by atoms with Crippen LogP contribution in [0.2, 0.25) is 0 Å². The van der Waals surface area contributed by atoms with E-state index in [0.29, 0.717) is 194 Å². The van der Waals surface area contributed by atoms with Crippen LogP contribution in [0, 0.1) is 22.6 Å². The lowest BCUT2D eigenvalue weighted by molar-refractivity contribution is -0.152. The average molecular weight is 1440 g/mol. The Hall–Kier alpha value is -8.44. The van der Waals surface area contributed by atoms with Gasteiger partial charge < -0.3 is 73.3 Å². The second kappa shape index (κ2) is 34.9. The number of likely N-dealkylation sites (tertiary alicyclic amines) is 2. The first kappa shape index (κ1) is 75.7. The lowest BCUT2D eigenvalue weighted by Gasteiger charge is -2.59. The molecular formula is C70H93F3N14O16. The summed E-state index contributed by atoms with van der Waals surface area (Å²) in [6.07, 6.45) is 8.38. The number of aromatic amines is 1. The van der Waals surface area contributed by atoms with Gasteiger partial charge in [0, 0.05) is 123 Å². The van der Waals surface area contributed by atoms with E-state index in [-0.39, 0.29) is 112 Å². The zero-order valence-electron chi connectivity index (χ0n) is 58.8. The Morgan fingerprint density at radius 3 is 1.98 bits per heavy atom. The van der Waals surface area contributed by atoms with Crippen molar-refractivity contribution in [1.82, 2.24) is 64.9 Å². The standard InChI is InChI=1S/C70H93F3N14O16/c1-68-37-54-52(34-57(68)70(68,72)73)66(80-79-54)67(94)78-48-39-77-86(41-48)49-10-14-84(15-11-49)61(91)12-16-96-18-20-98-22-24-100-26-28-102-30-31-103-29-27-101-25-23-99-21-19-97-17-13-74-58(88)8-9-60(90)85-44-69(45-85)35-47(36-69)65-64-50(51-33-56-46(32-53(51)71)38-76-83(56)3)6-5-7-55(64)87(81-65)43-62(92)82(2)42-59(89)75-40-63(93)95-4/h5-7,32-33,38-39,41,47,49,57H,8-31,34-37,40,42-45H2,1-4H3,(H,74,88)(H,75,89)(H,78,94)(H,79,80)/t57-,68+/m1/s1. The molecule has 3 aliphatic carbocycles. The minimum Gasteiger partial charge on any atom is -0.468 e. The molecule has 2 saturated carbocycles. The highest BCUT2D eigenvalue weighted by atomic mass is 19.3. The van der Waals surface area contributed by atoms with Crippen LogP contribution >= 0.6 is 0 Å². The van der Waals surface area contributed by atoms with Gasteiger partial charge in [-0.3, -0.25) is 52.7 Å². The molecule has 4 aromatic heterocycles. The number of aromatic nitrogens is 8. The number of nitrogens with zero attached hydrogens (tertiary/aromatic N) is 10. The van der Waals surface area contributed by atoms with Crippen LogP contribution in [-0.2, 0) is 97.8 Å². The van der Waals surface area contributed by atoms with Gasteiger partial charge in [0.25, 0.3) is 11.8 Å². The summed E-state index contributed by atoms with van der Waals surface area (Å²) in [5.41, 5.74) is 3.60. The number of amides is 6. The summed E-state index contributed by atoms with van der Waals surface area (Å²) >= 11 is 0. The summed E-state index contributed by atoms with van der Waals surface area (Å²) in [5.74, 6) is -6.39. The molecule has 2 aromatic carbocycles. The monoisotopic (exact) mass is 1440 g/mol. The maximum Gasteiger partial charge on any atom is 0.325 e. The molecule has 4 fully saturated rings. The van der Waals surface area contributed by atoms with Crippen LogP contribution in [0.15, 0.2) is 48.9 Å². The number of methoxy groups -OCH3 is 1. The van der Waals surface area contributed by atoms with Gasteiger partial charge in [-0.05, 0) is 55.9 Å². The van der Waals surface area contributed by atoms with E-state index >= 15 is 4.39 Å². The zero-order chi connectivity index (χ0) is 72.7. The van der Waals surface area contributed by atoms with E-state index in [2.05, 4.69) is 41.1 Å². The van der Waals surface area contributed by atoms with Crippen LogP contribution < -0.4 is 16.0 Å². The number of likely N-dealkylation sites (N-methyl/N-ethyl adjacent to an activating group) is 1. The van der Waals surface area contributed by atoms with E-state index in [0.717, 1.165) is 5.52 Å². The largest absolute Gasteiger partial charge is 0.468 e. The maximum absolute atomic E-state index is 16.0. The van der Waals surface area contributed by atoms with Crippen LogP contribution in [0.3, 0.4) is 0 Å². The smallest absolute Gasteiger partial charge is 0.325 e. The molecule has 2 saturated heterocycles. The van der Waals surface area contributed by atoms with Crippen molar-refractivity contribution in [3.8, 4) is 11.1 Å². The van der Waals surface area contributed by atoms with E-state index in [9.17, 15) is 42.3 Å². The van der Waals surface area contributed by atoms with Crippen molar-refractivity contribution in [2.75, 3.05) is 171 Å². The first-order valence-electron chi connectivity index (χ1n) is 35.2. The molecule has 33 heteroatoms. The van der Waals surface area contributed by atoms with Crippen molar-refractivity contribution in [3.05, 3.63) is 77.4 Å². The molecule has 11 rings (SSSR count). The van der Waals surface area contributed by atoms with Crippen molar-refractivity contribution in [1.29, 1.82) is 0 Å². The van der Waals surface area contributed by atoms with E-state index in [1.807, 2.05) is 17.0 Å². The lowest BCUT2D eigenvalue weighted by Crippen LogP contribution is -2.63. The zero-order valence-corrected chi connectivity index (χ0v) is 58.8. The van der Waals surface area contributed by atoms with Gasteiger partial charge in [-0.15, -0.1) is 0 Å². The first-order valence-corrected chi connectivity index (χ1v) is 35.2. The Bertz CT molecular complexity index is 3930. The number of carbonyl (C=O) groups excluding carboxylic acids is 7. The second-order valence-electron chi connectivity index (χ2n) is 27.1. The predicted molar refractivity (Wildman–Crippen MR) is 364 cm³/mol. The Labute approximate surface area is 593 Å². The van der Waals surface area contributed by atoms with Crippen molar-refractivity contribution >= 4 is 68.9 Å². The van der Waals surface area contributed by atoms with Crippen LogP contribution in [0.4, 0.5) is 18.9 Å². The van der Waals surface area contributed by atoms with Gasteiger partial charge in [0.1, 0.15) is 18.9 Å².